The predicted octanol–water partition coefficient (Wildman–Crippen LogP) is 5.97. The van der Waals surface area contributed by atoms with Crippen LogP contribution in [0.5, 0.6) is 0 Å². The van der Waals surface area contributed by atoms with Gasteiger partial charge in [-0.25, -0.2) is 0 Å². The summed E-state index contributed by atoms with van der Waals surface area (Å²) in [6, 6.07) is 16.1. The number of halogens is 1. The molecule has 0 saturated heterocycles. The van der Waals surface area contributed by atoms with Crippen LogP contribution in [0.1, 0.15) is 18.1 Å². The van der Waals surface area contributed by atoms with Crippen molar-refractivity contribution in [2.24, 2.45) is 0 Å². The minimum absolute atomic E-state index is 0.691. The maximum atomic E-state index is 6.07. The van der Waals surface area contributed by atoms with E-state index in [9.17, 15) is 0 Å². The fraction of sp³-hybridized carbons (Fsp3) is 0.200. The molecule has 4 rings (SSSR count). The number of hydrogen-bond acceptors (Lipinski definition) is 4. The number of benzene rings is 2. The summed E-state index contributed by atoms with van der Waals surface area (Å²) in [5.74, 6) is 2.30. The standard InChI is InChI=1S/C20H18ClN3OS/c1-3-24-19(18-11-15-10-16(21)8-9-17(15)25-18)22-23-20(24)26-12-14-6-4-13(2)5-7-14/h4-11H,3,12H2,1-2H3. The van der Waals surface area contributed by atoms with Gasteiger partial charge in [-0.3, -0.25) is 4.57 Å². The number of aryl methyl sites for hydroxylation is 1. The van der Waals surface area contributed by atoms with Crippen LogP contribution in [0.3, 0.4) is 0 Å². The van der Waals surface area contributed by atoms with Crippen molar-refractivity contribution in [1.29, 1.82) is 0 Å². The van der Waals surface area contributed by atoms with Gasteiger partial charge in [0.1, 0.15) is 5.58 Å². The van der Waals surface area contributed by atoms with Crippen LogP contribution in [0.15, 0.2) is 58.1 Å². The van der Waals surface area contributed by atoms with Crippen molar-refractivity contribution in [1.82, 2.24) is 14.8 Å². The molecular weight excluding hydrogens is 366 g/mol. The smallest absolute Gasteiger partial charge is 0.200 e. The zero-order valence-corrected chi connectivity index (χ0v) is 16.1. The van der Waals surface area contributed by atoms with E-state index >= 15 is 0 Å². The molecule has 0 aliphatic carbocycles. The van der Waals surface area contributed by atoms with Gasteiger partial charge in [0.05, 0.1) is 0 Å². The van der Waals surface area contributed by atoms with Gasteiger partial charge in [-0.2, -0.15) is 0 Å². The number of rotatable bonds is 5. The molecule has 0 spiro atoms. The summed E-state index contributed by atoms with van der Waals surface area (Å²) >= 11 is 7.75. The first kappa shape index (κ1) is 17.2. The molecule has 4 aromatic rings. The van der Waals surface area contributed by atoms with E-state index in [1.807, 2.05) is 24.3 Å². The maximum absolute atomic E-state index is 6.07. The highest BCUT2D eigenvalue weighted by atomic mass is 35.5. The molecule has 0 unspecified atom stereocenters. The lowest BCUT2D eigenvalue weighted by Gasteiger charge is -2.06. The molecule has 2 aromatic carbocycles. The Labute approximate surface area is 161 Å². The summed E-state index contributed by atoms with van der Waals surface area (Å²) in [5, 5.41) is 11.3. The van der Waals surface area contributed by atoms with Crippen LogP contribution < -0.4 is 0 Å². The molecule has 2 aromatic heterocycles. The summed E-state index contributed by atoms with van der Waals surface area (Å²) in [5.41, 5.74) is 3.33. The second kappa shape index (κ2) is 7.17. The summed E-state index contributed by atoms with van der Waals surface area (Å²) in [4.78, 5) is 0. The van der Waals surface area contributed by atoms with Crippen molar-refractivity contribution in [3.8, 4) is 11.6 Å². The number of hydrogen-bond donors (Lipinski definition) is 0. The average Bonchev–Trinajstić information content (AvgIpc) is 3.23. The minimum Gasteiger partial charge on any atom is -0.453 e. The zero-order valence-electron chi connectivity index (χ0n) is 14.6. The van der Waals surface area contributed by atoms with Gasteiger partial charge in [0.2, 0.25) is 5.82 Å². The molecular formula is C20H18ClN3OS. The van der Waals surface area contributed by atoms with Gasteiger partial charge < -0.3 is 4.42 Å². The molecule has 0 atom stereocenters. The Morgan fingerprint density at radius 1 is 1.08 bits per heavy atom. The molecule has 0 bridgehead atoms. The fourth-order valence-electron chi connectivity index (χ4n) is 2.82. The van der Waals surface area contributed by atoms with Crippen LogP contribution in [0.2, 0.25) is 5.02 Å². The zero-order chi connectivity index (χ0) is 18.1. The Morgan fingerprint density at radius 2 is 1.88 bits per heavy atom. The monoisotopic (exact) mass is 383 g/mol. The minimum atomic E-state index is 0.691. The SMILES string of the molecule is CCn1c(SCc2ccc(C)cc2)nnc1-c1cc2cc(Cl)ccc2o1. The normalized spacial score (nSPS) is 11.3. The Hall–Kier alpha value is -2.24. The summed E-state index contributed by atoms with van der Waals surface area (Å²) in [7, 11) is 0. The van der Waals surface area contributed by atoms with Gasteiger partial charge in [-0.05, 0) is 43.7 Å². The van der Waals surface area contributed by atoms with Crippen LogP contribution in [0.25, 0.3) is 22.6 Å². The van der Waals surface area contributed by atoms with E-state index in [4.69, 9.17) is 16.0 Å². The second-order valence-corrected chi connectivity index (χ2v) is 7.50. The van der Waals surface area contributed by atoms with Gasteiger partial charge in [-0.15, -0.1) is 10.2 Å². The Morgan fingerprint density at radius 3 is 2.65 bits per heavy atom. The Kier molecular flexibility index (Phi) is 4.74. The third-order valence-electron chi connectivity index (χ3n) is 4.22. The highest BCUT2D eigenvalue weighted by Gasteiger charge is 2.17. The summed E-state index contributed by atoms with van der Waals surface area (Å²) < 4.78 is 8.03. The summed E-state index contributed by atoms with van der Waals surface area (Å²) in [6.45, 7) is 4.95. The van der Waals surface area contributed by atoms with E-state index in [2.05, 4.69) is 52.9 Å². The number of furan rings is 1. The van der Waals surface area contributed by atoms with Gasteiger partial charge in [0.15, 0.2) is 10.9 Å². The molecule has 132 valence electrons. The van der Waals surface area contributed by atoms with E-state index in [-0.39, 0.29) is 0 Å². The van der Waals surface area contributed by atoms with Gasteiger partial charge >= 0.3 is 0 Å². The van der Waals surface area contributed by atoms with Crippen LogP contribution >= 0.6 is 23.4 Å². The molecule has 0 aliphatic rings. The van der Waals surface area contributed by atoms with Crippen LogP contribution in [-0.2, 0) is 12.3 Å². The second-order valence-electron chi connectivity index (χ2n) is 6.12. The number of fused-ring (bicyclic) bond motifs is 1. The summed E-state index contributed by atoms with van der Waals surface area (Å²) in [6.07, 6.45) is 0. The quantitative estimate of drug-likeness (QED) is 0.398. The third kappa shape index (κ3) is 3.37. The molecule has 6 heteroatoms. The largest absolute Gasteiger partial charge is 0.453 e. The molecule has 0 N–H and O–H groups in total. The predicted molar refractivity (Wildman–Crippen MR) is 107 cm³/mol. The van der Waals surface area contributed by atoms with Crippen molar-refractivity contribution in [3.63, 3.8) is 0 Å². The first-order valence-corrected chi connectivity index (χ1v) is 9.81. The van der Waals surface area contributed by atoms with Crippen molar-refractivity contribution in [2.45, 2.75) is 31.3 Å². The number of thioether (sulfide) groups is 1. The van der Waals surface area contributed by atoms with Crippen LogP contribution in [0, 0.1) is 6.92 Å². The van der Waals surface area contributed by atoms with Crippen molar-refractivity contribution in [3.05, 3.63) is 64.7 Å². The highest BCUT2D eigenvalue weighted by molar-refractivity contribution is 7.98. The van der Waals surface area contributed by atoms with E-state index in [0.717, 1.165) is 34.2 Å². The molecule has 0 amide bonds. The van der Waals surface area contributed by atoms with Crippen molar-refractivity contribution >= 4 is 34.3 Å². The molecule has 0 aliphatic heterocycles. The Balaban J connectivity index is 1.62. The molecule has 0 radical (unpaired) electrons. The maximum Gasteiger partial charge on any atom is 0.200 e. The lowest BCUT2D eigenvalue weighted by atomic mass is 10.2. The van der Waals surface area contributed by atoms with Gasteiger partial charge in [-0.1, -0.05) is 53.2 Å². The van der Waals surface area contributed by atoms with Gasteiger partial charge in [0.25, 0.3) is 0 Å². The lowest BCUT2D eigenvalue weighted by molar-refractivity contribution is 0.607. The molecule has 26 heavy (non-hydrogen) atoms. The molecule has 0 fully saturated rings. The topological polar surface area (TPSA) is 43.9 Å². The average molecular weight is 384 g/mol. The number of aromatic nitrogens is 3. The molecule has 0 saturated carbocycles. The van der Waals surface area contributed by atoms with Crippen molar-refractivity contribution in [2.75, 3.05) is 0 Å². The van der Waals surface area contributed by atoms with Gasteiger partial charge in [0, 0.05) is 22.7 Å². The fourth-order valence-corrected chi connectivity index (χ4v) is 3.96. The first-order valence-electron chi connectivity index (χ1n) is 8.45. The Bertz CT molecular complexity index is 1050. The van der Waals surface area contributed by atoms with Crippen LogP contribution in [0.4, 0.5) is 0 Å². The highest BCUT2D eigenvalue weighted by Crippen LogP contribution is 2.31. The molecule has 4 nitrogen and oxygen atoms in total. The van der Waals surface area contributed by atoms with E-state index in [1.54, 1.807) is 11.8 Å². The van der Waals surface area contributed by atoms with E-state index in [0.29, 0.717) is 10.8 Å². The third-order valence-corrected chi connectivity index (χ3v) is 5.49. The first-order chi connectivity index (χ1) is 12.6. The van der Waals surface area contributed by atoms with E-state index in [1.165, 1.54) is 11.1 Å². The lowest BCUT2D eigenvalue weighted by Crippen LogP contribution is -1.99. The van der Waals surface area contributed by atoms with E-state index < -0.39 is 0 Å². The van der Waals surface area contributed by atoms with Crippen LogP contribution in [-0.4, -0.2) is 14.8 Å². The number of nitrogens with zero attached hydrogens (tertiary/aromatic N) is 3. The molecule has 2 heterocycles. The van der Waals surface area contributed by atoms with Crippen molar-refractivity contribution < 1.29 is 4.42 Å².